The first-order chi connectivity index (χ1) is 11.5. The zero-order valence-electron chi connectivity index (χ0n) is 14.2. The summed E-state index contributed by atoms with van der Waals surface area (Å²) < 4.78 is 32.0. The highest BCUT2D eigenvalue weighted by atomic mass is 32.2. The predicted molar refractivity (Wildman–Crippen MR) is 97.7 cm³/mol. The molecule has 0 fully saturated rings. The molecule has 24 heavy (non-hydrogen) atoms. The third kappa shape index (κ3) is 6.10. The van der Waals surface area contributed by atoms with Gasteiger partial charge in [0.2, 0.25) is 0 Å². The van der Waals surface area contributed by atoms with E-state index < -0.39 is 10.1 Å². The van der Waals surface area contributed by atoms with Crippen molar-refractivity contribution in [2.45, 2.75) is 50.3 Å². The van der Waals surface area contributed by atoms with E-state index in [1.54, 1.807) is 12.1 Å². The molecule has 1 N–H and O–H groups in total. The van der Waals surface area contributed by atoms with Gasteiger partial charge < -0.3 is 0 Å². The highest BCUT2D eigenvalue weighted by Gasteiger charge is 2.14. The van der Waals surface area contributed by atoms with Gasteiger partial charge in [0.05, 0.1) is 4.90 Å². The summed E-state index contributed by atoms with van der Waals surface area (Å²) in [7, 11) is -4.12. The Balaban J connectivity index is 1.72. The molecule has 0 heterocycles. The molecule has 0 aromatic heterocycles. The Hall–Kier alpha value is -1.65. The molecule has 0 aliphatic carbocycles. The minimum absolute atomic E-state index is 0.0439. The fraction of sp³-hybridized carbons (Fsp3) is 0.400. The number of rotatable bonds is 9. The summed E-state index contributed by atoms with van der Waals surface area (Å²) in [5, 5.41) is 0. The molecule has 0 aliphatic heterocycles. The van der Waals surface area contributed by atoms with Gasteiger partial charge in [-0.1, -0.05) is 74.7 Å². The maximum atomic E-state index is 11.4. The third-order valence-electron chi connectivity index (χ3n) is 4.32. The summed E-state index contributed by atoms with van der Waals surface area (Å²) in [6, 6.07) is 17.2. The van der Waals surface area contributed by atoms with Gasteiger partial charge in [-0.2, -0.15) is 8.42 Å². The molecule has 3 nitrogen and oxygen atoms in total. The lowest BCUT2D eigenvalue weighted by atomic mass is 9.95. The molecule has 0 spiro atoms. The summed E-state index contributed by atoms with van der Waals surface area (Å²) in [5.41, 5.74) is 2.09. The standard InChI is InChI=1S/C20H26O3S/c1-17(16-18-11-5-3-6-12-18)10-4-2-7-13-19-14-8-9-15-20(19)24(21,22)23/h3,5-6,8-9,11-12,14-15,17H,2,4,7,10,13,16H2,1H3,(H,21,22,23). The van der Waals surface area contributed by atoms with Crippen LogP contribution in [0.4, 0.5) is 0 Å². The zero-order chi connectivity index (χ0) is 17.4. The van der Waals surface area contributed by atoms with Crippen molar-refractivity contribution in [3.63, 3.8) is 0 Å². The smallest absolute Gasteiger partial charge is 0.282 e. The first kappa shape index (κ1) is 18.7. The Morgan fingerprint density at radius 2 is 1.58 bits per heavy atom. The van der Waals surface area contributed by atoms with Gasteiger partial charge in [0, 0.05) is 0 Å². The van der Waals surface area contributed by atoms with Crippen molar-refractivity contribution in [3.8, 4) is 0 Å². The minimum atomic E-state index is -4.12. The quantitative estimate of drug-likeness (QED) is 0.518. The largest absolute Gasteiger partial charge is 0.294 e. The predicted octanol–water partition coefficient (Wildman–Crippen LogP) is 4.92. The average molecular weight is 346 g/mol. The molecule has 2 aromatic rings. The molecule has 130 valence electrons. The fourth-order valence-corrected chi connectivity index (χ4v) is 3.82. The topological polar surface area (TPSA) is 54.4 Å². The Kier molecular flexibility index (Phi) is 7.00. The van der Waals surface area contributed by atoms with Crippen molar-refractivity contribution in [1.82, 2.24) is 0 Å². The van der Waals surface area contributed by atoms with Crippen LogP contribution in [0.5, 0.6) is 0 Å². The molecule has 2 aromatic carbocycles. The van der Waals surface area contributed by atoms with E-state index in [0.717, 1.165) is 25.7 Å². The SMILES string of the molecule is CC(CCCCCc1ccccc1S(=O)(=O)O)Cc1ccccc1. The Morgan fingerprint density at radius 3 is 2.29 bits per heavy atom. The van der Waals surface area contributed by atoms with Crippen LogP contribution in [-0.4, -0.2) is 13.0 Å². The zero-order valence-corrected chi connectivity index (χ0v) is 15.0. The molecule has 0 bridgehead atoms. The van der Waals surface area contributed by atoms with Crippen LogP contribution in [0, 0.1) is 5.92 Å². The first-order valence-corrected chi connectivity index (χ1v) is 10.00. The second kappa shape index (κ2) is 9.00. The van der Waals surface area contributed by atoms with Crippen LogP contribution in [0.1, 0.15) is 43.7 Å². The second-order valence-electron chi connectivity index (χ2n) is 6.48. The number of unbranched alkanes of at least 4 members (excludes halogenated alkanes) is 2. The normalized spacial score (nSPS) is 12.9. The molecular weight excluding hydrogens is 320 g/mol. The fourth-order valence-electron chi connectivity index (χ4n) is 3.07. The van der Waals surface area contributed by atoms with Gasteiger partial charge in [0.25, 0.3) is 10.1 Å². The van der Waals surface area contributed by atoms with Crippen LogP contribution in [0.15, 0.2) is 59.5 Å². The van der Waals surface area contributed by atoms with E-state index >= 15 is 0 Å². The Bertz CT molecular complexity index is 724. The Morgan fingerprint density at radius 1 is 0.917 bits per heavy atom. The van der Waals surface area contributed by atoms with Gasteiger partial charge in [-0.15, -0.1) is 0 Å². The number of hydrogen-bond donors (Lipinski definition) is 1. The highest BCUT2D eigenvalue weighted by Crippen LogP contribution is 2.19. The molecule has 0 saturated carbocycles. The molecule has 0 amide bonds. The van der Waals surface area contributed by atoms with E-state index in [4.69, 9.17) is 0 Å². The lowest BCUT2D eigenvalue weighted by Crippen LogP contribution is -2.03. The summed E-state index contributed by atoms with van der Waals surface area (Å²) in [4.78, 5) is 0.0439. The van der Waals surface area contributed by atoms with Gasteiger partial charge in [-0.3, -0.25) is 4.55 Å². The van der Waals surface area contributed by atoms with Crippen molar-refractivity contribution in [2.24, 2.45) is 5.92 Å². The third-order valence-corrected chi connectivity index (χ3v) is 5.27. The van der Waals surface area contributed by atoms with E-state index in [1.165, 1.54) is 18.1 Å². The summed E-state index contributed by atoms with van der Waals surface area (Å²) in [6.45, 7) is 2.28. The summed E-state index contributed by atoms with van der Waals surface area (Å²) >= 11 is 0. The maximum Gasteiger partial charge on any atom is 0.294 e. The van der Waals surface area contributed by atoms with Crippen molar-refractivity contribution in [2.75, 3.05) is 0 Å². The van der Waals surface area contributed by atoms with Crippen LogP contribution in [0.2, 0.25) is 0 Å². The summed E-state index contributed by atoms with van der Waals surface area (Å²) in [5.74, 6) is 0.650. The summed E-state index contributed by atoms with van der Waals surface area (Å²) in [6.07, 6.45) is 6.11. The molecule has 0 aliphatic rings. The van der Waals surface area contributed by atoms with Gasteiger partial charge in [-0.25, -0.2) is 0 Å². The van der Waals surface area contributed by atoms with Gasteiger partial charge >= 0.3 is 0 Å². The Labute approximate surface area is 145 Å². The van der Waals surface area contributed by atoms with E-state index in [2.05, 4.69) is 31.2 Å². The van der Waals surface area contributed by atoms with Crippen LogP contribution in [0.25, 0.3) is 0 Å². The second-order valence-corrected chi connectivity index (χ2v) is 7.87. The average Bonchev–Trinajstić information content (AvgIpc) is 2.55. The maximum absolute atomic E-state index is 11.4. The van der Waals surface area contributed by atoms with Crippen LogP contribution >= 0.6 is 0 Å². The highest BCUT2D eigenvalue weighted by molar-refractivity contribution is 7.85. The van der Waals surface area contributed by atoms with Crippen LogP contribution < -0.4 is 0 Å². The monoisotopic (exact) mass is 346 g/mol. The molecule has 4 heteroatoms. The molecule has 0 radical (unpaired) electrons. The van der Waals surface area contributed by atoms with Crippen LogP contribution in [0.3, 0.4) is 0 Å². The molecular formula is C20H26O3S. The van der Waals surface area contributed by atoms with Gasteiger partial charge in [0.1, 0.15) is 0 Å². The number of hydrogen-bond acceptors (Lipinski definition) is 2. The lowest BCUT2D eigenvalue weighted by Gasteiger charge is -2.11. The van der Waals surface area contributed by atoms with Crippen molar-refractivity contribution in [1.29, 1.82) is 0 Å². The van der Waals surface area contributed by atoms with Crippen molar-refractivity contribution in [3.05, 3.63) is 65.7 Å². The molecule has 2 rings (SSSR count). The van der Waals surface area contributed by atoms with E-state index in [1.807, 2.05) is 12.1 Å². The molecule has 1 unspecified atom stereocenters. The minimum Gasteiger partial charge on any atom is -0.282 e. The molecule has 1 atom stereocenters. The van der Waals surface area contributed by atoms with E-state index in [9.17, 15) is 13.0 Å². The first-order valence-electron chi connectivity index (χ1n) is 8.56. The lowest BCUT2D eigenvalue weighted by molar-refractivity contribution is 0.479. The number of benzene rings is 2. The molecule has 0 saturated heterocycles. The van der Waals surface area contributed by atoms with Crippen molar-refractivity contribution < 1.29 is 13.0 Å². The van der Waals surface area contributed by atoms with Crippen LogP contribution in [-0.2, 0) is 23.0 Å². The van der Waals surface area contributed by atoms with Crippen molar-refractivity contribution >= 4 is 10.1 Å². The number of aryl methyl sites for hydroxylation is 1. The van der Waals surface area contributed by atoms with Gasteiger partial charge in [-0.05, 0) is 42.4 Å². The van der Waals surface area contributed by atoms with E-state index in [0.29, 0.717) is 17.9 Å². The van der Waals surface area contributed by atoms with Gasteiger partial charge in [0.15, 0.2) is 0 Å². The van der Waals surface area contributed by atoms with E-state index in [-0.39, 0.29) is 4.90 Å².